The van der Waals surface area contributed by atoms with Gasteiger partial charge in [-0.15, -0.1) is 0 Å². The number of benzene rings is 3. The van der Waals surface area contributed by atoms with Crippen LogP contribution < -0.4 is 9.64 Å². The Balaban J connectivity index is 1.84. The first-order valence-electron chi connectivity index (χ1n) is 11.5. The van der Waals surface area contributed by atoms with Crippen LogP contribution in [0, 0.1) is 0 Å². The molecule has 0 saturated heterocycles. The van der Waals surface area contributed by atoms with Gasteiger partial charge < -0.3 is 14.7 Å². The van der Waals surface area contributed by atoms with Crippen molar-refractivity contribution >= 4 is 11.4 Å². The maximum absolute atomic E-state index is 12.4. The second-order valence-electron chi connectivity index (χ2n) is 8.40. The highest BCUT2D eigenvalue weighted by Crippen LogP contribution is 2.52. The van der Waals surface area contributed by atoms with E-state index in [0.717, 1.165) is 46.7 Å². The molecule has 31 heavy (non-hydrogen) atoms. The van der Waals surface area contributed by atoms with Crippen LogP contribution >= 0.6 is 0 Å². The van der Waals surface area contributed by atoms with E-state index >= 15 is 0 Å². The van der Waals surface area contributed by atoms with Gasteiger partial charge in [0.15, 0.2) is 0 Å². The van der Waals surface area contributed by atoms with E-state index in [1.807, 2.05) is 36.4 Å². The molecule has 0 spiro atoms. The number of fused-ring (bicyclic) bond motifs is 2. The molecular weight excluding hydrogens is 382 g/mol. The summed E-state index contributed by atoms with van der Waals surface area (Å²) in [6.45, 7) is 5.03. The zero-order valence-electron chi connectivity index (χ0n) is 18.9. The summed E-state index contributed by atoms with van der Waals surface area (Å²) in [7, 11) is 2.06. The van der Waals surface area contributed by atoms with Crippen molar-refractivity contribution < 1.29 is 9.84 Å². The summed E-state index contributed by atoms with van der Waals surface area (Å²) in [6.07, 6.45) is 5.55. The molecule has 162 valence electrons. The van der Waals surface area contributed by atoms with Crippen molar-refractivity contribution in [2.45, 2.75) is 51.6 Å². The molecule has 0 fully saturated rings. The van der Waals surface area contributed by atoms with Crippen molar-refractivity contribution in [3.63, 3.8) is 0 Å². The molecule has 0 aromatic heterocycles. The minimum absolute atomic E-state index is 0.666. The number of anilines is 2. The van der Waals surface area contributed by atoms with E-state index in [-0.39, 0.29) is 0 Å². The van der Waals surface area contributed by atoms with Gasteiger partial charge in [0.05, 0.1) is 6.61 Å². The molecule has 4 rings (SSSR count). The topological polar surface area (TPSA) is 32.7 Å². The average Bonchev–Trinajstić information content (AvgIpc) is 2.82. The number of aryl methyl sites for hydroxylation is 1. The smallest absolute Gasteiger partial charge is 0.148 e. The summed E-state index contributed by atoms with van der Waals surface area (Å²) in [5, 5.41) is 12.4. The summed E-state index contributed by atoms with van der Waals surface area (Å²) in [4.78, 5) is 2.16. The van der Waals surface area contributed by atoms with Gasteiger partial charge in [-0.2, -0.15) is 0 Å². The Morgan fingerprint density at radius 3 is 2.06 bits per heavy atom. The maximum Gasteiger partial charge on any atom is 0.148 e. The van der Waals surface area contributed by atoms with Gasteiger partial charge in [0.25, 0.3) is 0 Å². The van der Waals surface area contributed by atoms with Crippen molar-refractivity contribution in [2.75, 3.05) is 18.6 Å². The molecule has 0 amide bonds. The van der Waals surface area contributed by atoms with Crippen LogP contribution in [0.1, 0.15) is 61.8 Å². The van der Waals surface area contributed by atoms with E-state index in [1.54, 1.807) is 0 Å². The lowest BCUT2D eigenvalue weighted by Gasteiger charge is -2.42. The van der Waals surface area contributed by atoms with E-state index in [4.69, 9.17) is 4.74 Å². The van der Waals surface area contributed by atoms with Gasteiger partial charge in [0.1, 0.15) is 11.4 Å². The lowest BCUT2D eigenvalue weighted by molar-refractivity contribution is 0.120. The van der Waals surface area contributed by atoms with E-state index in [9.17, 15) is 5.11 Å². The third-order valence-corrected chi connectivity index (χ3v) is 6.41. The molecule has 0 saturated carbocycles. The first-order chi connectivity index (χ1) is 15.1. The number of unbranched alkanes of at least 4 members (excludes halogenated alkanes) is 3. The largest absolute Gasteiger partial charge is 0.493 e. The predicted octanol–water partition coefficient (Wildman–Crippen LogP) is 6.57. The molecule has 0 atom stereocenters. The molecule has 3 nitrogen and oxygen atoms in total. The number of aliphatic hydroxyl groups is 1. The number of nitrogens with zero attached hydrogens (tertiary/aromatic N) is 1. The number of ether oxygens (including phenoxy) is 1. The fourth-order valence-electron chi connectivity index (χ4n) is 4.63. The van der Waals surface area contributed by atoms with Crippen molar-refractivity contribution in [1.29, 1.82) is 0 Å². The number of hydrogen-bond acceptors (Lipinski definition) is 3. The average molecular weight is 416 g/mol. The van der Waals surface area contributed by atoms with Crippen molar-refractivity contribution in [3.05, 3.63) is 89.0 Å². The minimum Gasteiger partial charge on any atom is -0.493 e. The Hall–Kier alpha value is -2.78. The molecule has 3 aromatic carbocycles. The molecule has 1 heterocycles. The molecule has 0 bridgehead atoms. The summed E-state index contributed by atoms with van der Waals surface area (Å²) in [5.74, 6) is 0.785. The highest BCUT2D eigenvalue weighted by atomic mass is 16.5. The molecule has 1 aliphatic heterocycles. The molecule has 3 aromatic rings. The number of para-hydroxylation sites is 2. The van der Waals surface area contributed by atoms with E-state index in [1.165, 1.54) is 24.8 Å². The molecule has 3 heteroatoms. The highest BCUT2D eigenvalue weighted by molar-refractivity contribution is 5.79. The van der Waals surface area contributed by atoms with E-state index in [2.05, 4.69) is 56.1 Å². The van der Waals surface area contributed by atoms with Crippen LogP contribution in [0.2, 0.25) is 0 Å². The summed E-state index contributed by atoms with van der Waals surface area (Å²) >= 11 is 0. The Bertz CT molecular complexity index is 995. The Morgan fingerprint density at radius 2 is 1.45 bits per heavy atom. The summed E-state index contributed by atoms with van der Waals surface area (Å²) < 4.78 is 6.33. The van der Waals surface area contributed by atoms with Crippen LogP contribution in [-0.4, -0.2) is 18.8 Å². The SMILES string of the molecule is CCCCCCOc1cc(CC)ccc1C1(O)c2ccccc2N(C)c2ccccc21. The van der Waals surface area contributed by atoms with Gasteiger partial charge in [-0.25, -0.2) is 0 Å². The van der Waals surface area contributed by atoms with Crippen LogP contribution in [0.15, 0.2) is 66.7 Å². The van der Waals surface area contributed by atoms with Crippen LogP contribution in [-0.2, 0) is 12.0 Å². The van der Waals surface area contributed by atoms with Gasteiger partial charge in [-0.3, -0.25) is 0 Å². The molecule has 1 aliphatic rings. The van der Waals surface area contributed by atoms with Gasteiger partial charge in [0, 0.05) is 35.1 Å². The highest BCUT2D eigenvalue weighted by Gasteiger charge is 2.44. The summed E-state index contributed by atoms with van der Waals surface area (Å²) in [5.41, 5.74) is 4.55. The van der Waals surface area contributed by atoms with Crippen LogP contribution in [0.25, 0.3) is 0 Å². The van der Waals surface area contributed by atoms with Gasteiger partial charge in [0.2, 0.25) is 0 Å². The Labute approximate surface area is 186 Å². The molecule has 0 radical (unpaired) electrons. The second-order valence-corrected chi connectivity index (χ2v) is 8.40. The predicted molar refractivity (Wildman–Crippen MR) is 129 cm³/mol. The zero-order valence-corrected chi connectivity index (χ0v) is 18.9. The number of rotatable bonds is 8. The van der Waals surface area contributed by atoms with E-state index in [0.29, 0.717) is 6.61 Å². The minimum atomic E-state index is -1.27. The van der Waals surface area contributed by atoms with Gasteiger partial charge in [-0.1, -0.05) is 81.6 Å². The third kappa shape index (κ3) is 3.83. The maximum atomic E-state index is 12.4. The van der Waals surface area contributed by atoms with Gasteiger partial charge >= 0.3 is 0 Å². The molecule has 0 aliphatic carbocycles. The zero-order chi connectivity index (χ0) is 21.8. The molecule has 1 N–H and O–H groups in total. The van der Waals surface area contributed by atoms with Crippen molar-refractivity contribution in [3.8, 4) is 5.75 Å². The van der Waals surface area contributed by atoms with Crippen molar-refractivity contribution in [1.82, 2.24) is 0 Å². The third-order valence-electron chi connectivity index (χ3n) is 6.41. The van der Waals surface area contributed by atoms with E-state index < -0.39 is 5.60 Å². The fraction of sp³-hybridized carbons (Fsp3) is 0.357. The molecule has 0 unspecified atom stereocenters. The lowest BCUT2D eigenvalue weighted by atomic mass is 9.75. The first kappa shape index (κ1) is 21.5. The van der Waals surface area contributed by atoms with Gasteiger partial charge in [-0.05, 0) is 36.6 Å². The Morgan fingerprint density at radius 1 is 0.806 bits per heavy atom. The Kier molecular flexibility index (Phi) is 6.33. The fourth-order valence-corrected chi connectivity index (χ4v) is 4.63. The van der Waals surface area contributed by atoms with Crippen LogP contribution in [0.3, 0.4) is 0 Å². The summed E-state index contributed by atoms with van der Waals surface area (Å²) in [6, 6.07) is 22.5. The standard InChI is InChI=1S/C28H33NO2/c1-4-6-7-12-19-31-27-20-21(5-2)17-18-24(27)28(30)22-13-8-10-15-25(22)29(3)26-16-11-9-14-23(26)28/h8-11,13-18,20,30H,4-7,12,19H2,1-3H3. The normalized spacial score (nSPS) is 14.1. The first-order valence-corrected chi connectivity index (χ1v) is 11.5. The second kappa shape index (κ2) is 9.15. The number of hydrogen-bond donors (Lipinski definition) is 1. The van der Waals surface area contributed by atoms with Crippen LogP contribution in [0.5, 0.6) is 5.75 Å². The lowest BCUT2D eigenvalue weighted by Crippen LogP contribution is -2.37. The van der Waals surface area contributed by atoms with Crippen LogP contribution in [0.4, 0.5) is 11.4 Å². The van der Waals surface area contributed by atoms with Crippen molar-refractivity contribution in [2.24, 2.45) is 0 Å². The quantitative estimate of drug-likeness (QED) is 0.422. The molecular formula is C28H33NO2. The monoisotopic (exact) mass is 415 g/mol.